The number of nitrogens with zero attached hydrogens (tertiary/aromatic N) is 2. The van der Waals surface area contributed by atoms with E-state index in [1.807, 2.05) is 24.3 Å². The highest BCUT2D eigenvalue weighted by atomic mass is 19.1. The lowest BCUT2D eigenvalue weighted by atomic mass is 9.92. The Morgan fingerprint density at radius 1 is 1.03 bits per heavy atom. The number of aliphatic imine (C=N–C) groups is 1. The molecule has 0 fully saturated rings. The third-order valence-corrected chi connectivity index (χ3v) is 5.96. The Kier molecular flexibility index (Phi) is 7.37. The van der Waals surface area contributed by atoms with Crippen molar-refractivity contribution in [2.75, 3.05) is 12.4 Å². The molecule has 0 bridgehead atoms. The summed E-state index contributed by atoms with van der Waals surface area (Å²) in [4.78, 5) is 31.0. The van der Waals surface area contributed by atoms with Gasteiger partial charge in [-0.25, -0.2) is 18.6 Å². The number of ether oxygens (including phenoxy) is 1. The average molecular weight is 508 g/mol. The van der Waals surface area contributed by atoms with E-state index in [-0.39, 0.29) is 30.9 Å². The van der Waals surface area contributed by atoms with Crippen molar-refractivity contribution >= 4 is 23.6 Å². The van der Waals surface area contributed by atoms with Crippen molar-refractivity contribution < 1.29 is 23.1 Å². The summed E-state index contributed by atoms with van der Waals surface area (Å²) in [7, 11) is 1.55. The molecular weight excluding hydrogens is 480 g/mol. The van der Waals surface area contributed by atoms with Crippen molar-refractivity contribution in [2.45, 2.75) is 32.0 Å². The van der Waals surface area contributed by atoms with Crippen LogP contribution in [0.15, 0.2) is 71.7 Å². The summed E-state index contributed by atoms with van der Waals surface area (Å²) in [5.74, 6) is -1.10. The molecule has 3 amide bonds. The van der Waals surface area contributed by atoms with Crippen molar-refractivity contribution in [2.24, 2.45) is 10.7 Å². The molecule has 0 saturated carbocycles. The number of rotatable bonds is 8. The first-order valence-corrected chi connectivity index (χ1v) is 11.5. The number of urea groups is 1. The molecule has 0 saturated heterocycles. The number of nitrogens with two attached hydrogens (primary N) is 1. The maximum absolute atomic E-state index is 13.6. The van der Waals surface area contributed by atoms with Crippen LogP contribution in [0, 0.1) is 11.6 Å². The summed E-state index contributed by atoms with van der Waals surface area (Å²) in [6.07, 6.45) is 0.0140. The molecule has 3 aromatic carbocycles. The van der Waals surface area contributed by atoms with E-state index >= 15 is 0 Å². The van der Waals surface area contributed by atoms with Gasteiger partial charge in [-0.2, -0.15) is 0 Å². The fourth-order valence-electron chi connectivity index (χ4n) is 4.14. The summed E-state index contributed by atoms with van der Waals surface area (Å²) < 4.78 is 32.3. The van der Waals surface area contributed by atoms with E-state index in [2.05, 4.69) is 15.6 Å². The van der Waals surface area contributed by atoms with Crippen LogP contribution < -0.4 is 21.1 Å². The van der Waals surface area contributed by atoms with Gasteiger partial charge in [0.2, 0.25) is 0 Å². The Morgan fingerprint density at radius 3 is 2.38 bits per heavy atom. The quantitative estimate of drug-likeness (QED) is 0.429. The van der Waals surface area contributed by atoms with E-state index in [0.717, 1.165) is 17.2 Å². The number of carbonyl (C=O) groups is 2. The van der Waals surface area contributed by atoms with Gasteiger partial charge in [-0.15, -0.1) is 0 Å². The molecule has 1 unspecified atom stereocenters. The first-order valence-electron chi connectivity index (χ1n) is 11.5. The molecular formula is C27H27F2N5O3. The molecule has 4 N–H and O–H groups in total. The Morgan fingerprint density at radius 2 is 1.70 bits per heavy atom. The molecule has 10 heteroatoms. The summed E-state index contributed by atoms with van der Waals surface area (Å²) >= 11 is 0. The highest BCUT2D eigenvalue weighted by Crippen LogP contribution is 2.28. The molecule has 3 aromatic rings. The Hall–Kier alpha value is -4.47. The van der Waals surface area contributed by atoms with Crippen molar-refractivity contribution in [1.29, 1.82) is 0 Å². The van der Waals surface area contributed by atoms with Crippen molar-refractivity contribution in [3.05, 3.63) is 95.1 Å². The molecule has 0 aliphatic carbocycles. The average Bonchev–Trinajstić information content (AvgIpc) is 3.05. The predicted octanol–water partition coefficient (Wildman–Crippen LogP) is 3.95. The number of nitrogens with one attached hydrogen (secondary N) is 2. The van der Waals surface area contributed by atoms with Gasteiger partial charge >= 0.3 is 6.03 Å². The van der Waals surface area contributed by atoms with Gasteiger partial charge in [-0.1, -0.05) is 30.3 Å². The third-order valence-electron chi connectivity index (χ3n) is 5.96. The minimum atomic E-state index is -1.26. The van der Waals surface area contributed by atoms with Crippen LogP contribution in [0.1, 0.15) is 23.6 Å². The van der Waals surface area contributed by atoms with Gasteiger partial charge in [-0.3, -0.25) is 9.69 Å². The molecule has 8 nitrogen and oxygen atoms in total. The first kappa shape index (κ1) is 25.6. The van der Waals surface area contributed by atoms with Gasteiger partial charge in [0.05, 0.1) is 13.7 Å². The van der Waals surface area contributed by atoms with Crippen molar-refractivity contribution in [3.8, 4) is 5.75 Å². The molecule has 1 aliphatic heterocycles. The van der Waals surface area contributed by atoms with Gasteiger partial charge in [-0.05, 0) is 47.9 Å². The lowest BCUT2D eigenvalue weighted by molar-refractivity contribution is -0.131. The topological polar surface area (TPSA) is 109 Å². The summed E-state index contributed by atoms with van der Waals surface area (Å²) in [6.45, 7) is 2.08. The number of amides is 3. The number of anilines is 1. The second kappa shape index (κ2) is 10.7. The van der Waals surface area contributed by atoms with E-state index in [4.69, 9.17) is 10.5 Å². The largest absolute Gasteiger partial charge is 0.497 e. The van der Waals surface area contributed by atoms with Gasteiger partial charge in [0.15, 0.2) is 5.96 Å². The van der Waals surface area contributed by atoms with Crippen LogP contribution in [-0.2, 0) is 24.3 Å². The molecule has 1 atom stereocenters. The molecule has 0 radical (unpaired) electrons. The highest BCUT2D eigenvalue weighted by molar-refractivity contribution is 6.06. The Balaban J connectivity index is 1.33. The van der Waals surface area contributed by atoms with Crippen LogP contribution in [0.3, 0.4) is 0 Å². The normalized spacial score (nSPS) is 16.9. The van der Waals surface area contributed by atoms with Crippen LogP contribution in [0.2, 0.25) is 0 Å². The van der Waals surface area contributed by atoms with Crippen LogP contribution in [0.4, 0.5) is 19.3 Å². The van der Waals surface area contributed by atoms with E-state index in [1.165, 1.54) is 17.0 Å². The number of benzene rings is 3. The monoisotopic (exact) mass is 507 g/mol. The standard InChI is InChI=1S/C27H27F2N5O3/c1-27(14-19-10-20(28)12-21(29)11-19)24(35)34(25(30)33-27)16-18-8-6-17(7-9-18)15-31-26(36)32-22-4-3-5-23(13-22)37-2/h3-13H,14-16H2,1-2H3,(H2,30,33)(H2,31,32,36). The van der Waals surface area contributed by atoms with Crippen molar-refractivity contribution in [3.63, 3.8) is 0 Å². The third kappa shape index (κ3) is 6.21. The van der Waals surface area contributed by atoms with Crippen LogP contribution in [0.25, 0.3) is 0 Å². The lowest BCUT2D eigenvalue weighted by Crippen LogP contribution is -2.43. The minimum Gasteiger partial charge on any atom is -0.497 e. The number of hydrogen-bond donors (Lipinski definition) is 3. The number of methoxy groups -OCH3 is 1. The Labute approximate surface area is 213 Å². The molecule has 4 rings (SSSR count). The predicted molar refractivity (Wildman–Crippen MR) is 136 cm³/mol. The summed E-state index contributed by atoms with van der Waals surface area (Å²) in [5.41, 5.74) is 7.37. The van der Waals surface area contributed by atoms with E-state index < -0.39 is 17.2 Å². The number of halogens is 2. The molecule has 0 aromatic heterocycles. The smallest absolute Gasteiger partial charge is 0.319 e. The van der Waals surface area contributed by atoms with Crippen LogP contribution in [-0.4, -0.2) is 35.4 Å². The van der Waals surface area contributed by atoms with Gasteiger partial charge < -0.3 is 21.1 Å². The molecule has 192 valence electrons. The fraction of sp³-hybridized carbons (Fsp3) is 0.222. The zero-order chi connectivity index (χ0) is 26.6. The minimum absolute atomic E-state index is 0.0140. The number of carbonyl (C=O) groups excluding carboxylic acids is 2. The van der Waals surface area contributed by atoms with Gasteiger partial charge in [0, 0.05) is 30.8 Å². The summed E-state index contributed by atoms with van der Waals surface area (Å²) in [6, 6.07) is 17.1. The SMILES string of the molecule is COc1cccc(NC(=O)NCc2ccc(CN3C(=O)C(C)(Cc4cc(F)cc(F)c4)N=C3N)cc2)c1. The fourth-order valence-corrected chi connectivity index (χ4v) is 4.14. The molecule has 0 spiro atoms. The van der Waals surface area contributed by atoms with Gasteiger partial charge in [0.25, 0.3) is 5.91 Å². The zero-order valence-electron chi connectivity index (χ0n) is 20.4. The zero-order valence-corrected chi connectivity index (χ0v) is 20.4. The van der Waals surface area contributed by atoms with Gasteiger partial charge in [0.1, 0.15) is 22.9 Å². The molecule has 1 heterocycles. The second-order valence-electron chi connectivity index (χ2n) is 8.95. The molecule has 37 heavy (non-hydrogen) atoms. The lowest BCUT2D eigenvalue weighted by Gasteiger charge is -2.22. The molecule has 1 aliphatic rings. The van der Waals surface area contributed by atoms with E-state index in [1.54, 1.807) is 38.3 Å². The maximum Gasteiger partial charge on any atom is 0.319 e. The maximum atomic E-state index is 13.6. The van der Waals surface area contributed by atoms with Crippen LogP contribution in [0.5, 0.6) is 5.75 Å². The summed E-state index contributed by atoms with van der Waals surface area (Å²) in [5, 5.41) is 5.53. The number of guanidine groups is 1. The number of hydrogen-bond acceptors (Lipinski definition) is 5. The van der Waals surface area contributed by atoms with Crippen molar-refractivity contribution in [1.82, 2.24) is 10.2 Å². The first-order chi connectivity index (χ1) is 17.6. The van der Waals surface area contributed by atoms with E-state index in [9.17, 15) is 18.4 Å². The highest BCUT2D eigenvalue weighted by Gasteiger charge is 2.44. The Bertz CT molecular complexity index is 1330. The van der Waals surface area contributed by atoms with E-state index in [0.29, 0.717) is 23.5 Å². The van der Waals surface area contributed by atoms with Crippen LogP contribution >= 0.6 is 0 Å². The second-order valence-corrected chi connectivity index (χ2v) is 8.95.